The van der Waals surface area contributed by atoms with Gasteiger partial charge in [0.2, 0.25) is 0 Å². The third-order valence-corrected chi connectivity index (χ3v) is 3.39. The van der Waals surface area contributed by atoms with Gasteiger partial charge in [-0.2, -0.15) is 0 Å². The van der Waals surface area contributed by atoms with Crippen molar-refractivity contribution in [1.82, 2.24) is 5.32 Å². The molecule has 0 saturated carbocycles. The molecule has 7 heteroatoms. The molecule has 0 heterocycles. The molecular formula is C12H15BrN2O4. The molecule has 0 aliphatic carbocycles. The van der Waals surface area contributed by atoms with Gasteiger partial charge < -0.3 is 10.4 Å². The predicted octanol–water partition coefficient (Wildman–Crippen LogP) is 2.10. The second kappa shape index (κ2) is 6.63. The molecule has 0 unspecified atom stereocenters. The topological polar surface area (TPSA) is 92.5 Å². The molecule has 0 aliphatic heterocycles. The molecule has 6 nitrogen and oxygen atoms in total. The van der Waals surface area contributed by atoms with Crippen LogP contribution in [0.5, 0.6) is 0 Å². The summed E-state index contributed by atoms with van der Waals surface area (Å²) in [4.78, 5) is 22.2. The van der Waals surface area contributed by atoms with Crippen LogP contribution in [0.3, 0.4) is 0 Å². The first-order valence-corrected chi connectivity index (χ1v) is 6.51. The number of amides is 1. The summed E-state index contributed by atoms with van der Waals surface area (Å²) in [5.41, 5.74) is 0.0201. The molecule has 0 bridgehead atoms. The van der Waals surface area contributed by atoms with E-state index in [1.807, 2.05) is 13.8 Å². The zero-order valence-electron chi connectivity index (χ0n) is 10.6. The first-order chi connectivity index (χ1) is 8.86. The quantitative estimate of drug-likeness (QED) is 0.638. The van der Waals surface area contributed by atoms with Crippen molar-refractivity contribution in [3.05, 3.63) is 38.3 Å². The number of aliphatic hydroxyl groups is 1. The largest absolute Gasteiger partial charge is 0.394 e. The van der Waals surface area contributed by atoms with Gasteiger partial charge in [0.1, 0.15) is 0 Å². The molecule has 0 spiro atoms. The third kappa shape index (κ3) is 4.00. The summed E-state index contributed by atoms with van der Waals surface area (Å²) in [5, 5.41) is 22.6. The van der Waals surface area contributed by atoms with Gasteiger partial charge in [-0.05, 0) is 34.0 Å². The van der Waals surface area contributed by atoms with Crippen molar-refractivity contribution in [3.63, 3.8) is 0 Å². The van der Waals surface area contributed by atoms with Crippen LogP contribution in [0.1, 0.15) is 24.2 Å². The number of halogens is 1. The van der Waals surface area contributed by atoms with Crippen molar-refractivity contribution in [2.24, 2.45) is 5.92 Å². The molecule has 19 heavy (non-hydrogen) atoms. The summed E-state index contributed by atoms with van der Waals surface area (Å²) < 4.78 is 0.316. The number of hydrogen-bond acceptors (Lipinski definition) is 4. The second-order valence-electron chi connectivity index (χ2n) is 4.43. The molecular weight excluding hydrogens is 316 g/mol. The lowest BCUT2D eigenvalue weighted by Crippen LogP contribution is -2.41. The second-order valence-corrected chi connectivity index (χ2v) is 5.28. The lowest BCUT2D eigenvalue weighted by Gasteiger charge is -2.19. The maximum atomic E-state index is 11.9. The summed E-state index contributed by atoms with van der Waals surface area (Å²) in [7, 11) is 0. The molecule has 1 amide bonds. The Balaban J connectivity index is 2.94. The average Bonchev–Trinajstić information content (AvgIpc) is 2.35. The molecule has 1 aromatic carbocycles. The number of carbonyl (C=O) groups is 1. The van der Waals surface area contributed by atoms with E-state index in [9.17, 15) is 14.9 Å². The third-order valence-electron chi connectivity index (χ3n) is 2.72. The summed E-state index contributed by atoms with van der Waals surface area (Å²) in [6, 6.07) is 3.77. The van der Waals surface area contributed by atoms with E-state index >= 15 is 0 Å². The fraction of sp³-hybridized carbons (Fsp3) is 0.417. The Kier molecular flexibility index (Phi) is 5.44. The van der Waals surface area contributed by atoms with Crippen molar-refractivity contribution < 1.29 is 14.8 Å². The van der Waals surface area contributed by atoms with Gasteiger partial charge in [0.15, 0.2) is 0 Å². The van der Waals surface area contributed by atoms with Crippen molar-refractivity contribution in [1.29, 1.82) is 0 Å². The molecule has 0 aromatic heterocycles. The molecule has 1 rings (SSSR count). The van der Waals surface area contributed by atoms with Crippen LogP contribution in [0.2, 0.25) is 0 Å². The Labute approximate surface area is 119 Å². The van der Waals surface area contributed by atoms with Crippen LogP contribution in [0.15, 0.2) is 22.7 Å². The molecule has 104 valence electrons. The number of nitrogens with zero attached hydrogens (tertiary/aromatic N) is 1. The Morgan fingerprint density at radius 3 is 2.63 bits per heavy atom. The predicted molar refractivity (Wildman–Crippen MR) is 74.0 cm³/mol. The Morgan fingerprint density at radius 1 is 1.53 bits per heavy atom. The summed E-state index contributed by atoms with van der Waals surface area (Å²) >= 11 is 3.05. The smallest absolute Gasteiger partial charge is 0.284 e. The van der Waals surface area contributed by atoms with Crippen molar-refractivity contribution in [2.75, 3.05) is 6.61 Å². The monoisotopic (exact) mass is 330 g/mol. The van der Waals surface area contributed by atoms with E-state index in [0.29, 0.717) is 4.47 Å². The number of aliphatic hydroxyl groups excluding tert-OH is 1. The number of benzene rings is 1. The van der Waals surface area contributed by atoms with E-state index in [4.69, 9.17) is 5.11 Å². The first kappa shape index (κ1) is 15.6. The highest BCUT2D eigenvalue weighted by Gasteiger charge is 2.19. The number of nitrogens with one attached hydrogen (secondary N) is 1. The van der Waals surface area contributed by atoms with Crippen molar-refractivity contribution >= 4 is 27.5 Å². The van der Waals surface area contributed by atoms with Crippen LogP contribution in [-0.2, 0) is 0 Å². The standard InChI is InChI=1S/C12H15BrN2O4/c1-7(2)10(6-16)14-12(17)8-3-4-9(13)11(5-8)15(18)19/h3-5,7,10,16H,6H2,1-2H3,(H,14,17)/t10-/m1/s1. The Morgan fingerprint density at radius 2 is 2.16 bits per heavy atom. The van der Waals surface area contributed by atoms with Crippen LogP contribution < -0.4 is 5.32 Å². The maximum Gasteiger partial charge on any atom is 0.284 e. The highest BCUT2D eigenvalue weighted by Crippen LogP contribution is 2.25. The van der Waals surface area contributed by atoms with Gasteiger partial charge in [-0.15, -0.1) is 0 Å². The van der Waals surface area contributed by atoms with Gasteiger partial charge in [0.05, 0.1) is 22.0 Å². The van der Waals surface area contributed by atoms with Crippen LogP contribution in [0, 0.1) is 16.0 Å². The minimum Gasteiger partial charge on any atom is -0.394 e. The Hall–Kier alpha value is -1.47. The fourth-order valence-electron chi connectivity index (χ4n) is 1.47. The molecule has 1 aromatic rings. The van der Waals surface area contributed by atoms with Crippen LogP contribution >= 0.6 is 15.9 Å². The highest BCUT2D eigenvalue weighted by atomic mass is 79.9. The Bertz CT molecular complexity index is 491. The number of carbonyl (C=O) groups excluding carboxylic acids is 1. The van der Waals surface area contributed by atoms with E-state index in [1.165, 1.54) is 18.2 Å². The lowest BCUT2D eigenvalue weighted by atomic mass is 10.0. The minimum absolute atomic E-state index is 0.0689. The molecule has 2 N–H and O–H groups in total. The number of nitro groups is 1. The number of rotatable bonds is 5. The number of nitro benzene ring substituents is 1. The normalized spacial score (nSPS) is 12.3. The molecule has 1 atom stereocenters. The van der Waals surface area contributed by atoms with Crippen LogP contribution in [-0.4, -0.2) is 28.6 Å². The van der Waals surface area contributed by atoms with Gasteiger partial charge in [0.25, 0.3) is 11.6 Å². The fourth-order valence-corrected chi connectivity index (χ4v) is 1.86. The van der Waals surface area contributed by atoms with Crippen LogP contribution in [0.4, 0.5) is 5.69 Å². The summed E-state index contributed by atoms with van der Waals surface area (Å²) in [5.74, 6) is -0.372. The van der Waals surface area contributed by atoms with Gasteiger partial charge in [0, 0.05) is 11.6 Å². The van der Waals surface area contributed by atoms with Crippen LogP contribution in [0.25, 0.3) is 0 Å². The SMILES string of the molecule is CC(C)[C@@H](CO)NC(=O)c1ccc(Br)c([N+](=O)[O-])c1. The minimum atomic E-state index is -0.563. The van der Waals surface area contributed by atoms with Gasteiger partial charge >= 0.3 is 0 Å². The van der Waals surface area contributed by atoms with E-state index < -0.39 is 10.8 Å². The summed E-state index contributed by atoms with van der Waals surface area (Å²) in [6.45, 7) is 3.55. The zero-order chi connectivity index (χ0) is 14.6. The first-order valence-electron chi connectivity index (χ1n) is 5.72. The molecule has 0 saturated heterocycles. The zero-order valence-corrected chi connectivity index (χ0v) is 12.2. The average molecular weight is 331 g/mol. The van der Waals surface area contributed by atoms with E-state index in [1.54, 1.807) is 0 Å². The van der Waals surface area contributed by atoms with Crippen molar-refractivity contribution in [3.8, 4) is 0 Å². The molecule has 0 radical (unpaired) electrons. The van der Waals surface area contributed by atoms with E-state index in [-0.39, 0.29) is 29.8 Å². The maximum absolute atomic E-state index is 11.9. The van der Waals surface area contributed by atoms with E-state index in [2.05, 4.69) is 21.2 Å². The highest BCUT2D eigenvalue weighted by molar-refractivity contribution is 9.10. The lowest BCUT2D eigenvalue weighted by molar-refractivity contribution is -0.385. The van der Waals surface area contributed by atoms with Gasteiger partial charge in [-0.3, -0.25) is 14.9 Å². The molecule has 0 aliphatic rings. The number of hydrogen-bond donors (Lipinski definition) is 2. The summed E-state index contributed by atoms with van der Waals surface area (Å²) in [6.07, 6.45) is 0. The molecule has 0 fully saturated rings. The van der Waals surface area contributed by atoms with Gasteiger partial charge in [-0.1, -0.05) is 13.8 Å². The van der Waals surface area contributed by atoms with E-state index in [0.717, 1.165) is 0 Å². The van der Waals surface area contributed by atoms with Crippen molar-refractivity contribution in [2.45, 2.75) is 19.9 Å². The van der Waals surface area contributed by atoms with Gasteiger partial charge in [-0.25, -0.2) is 0 Å².